The Morgan fingerprint density at radius 2 is 2.05 bits per heavy atom. The molecule has 0 aliphatic carbocycles. The normalized spacial score (nSPS) is 17.1. The van der Waals surface area contributed by atoms with Crippen LogP contribution in [0.25, 0.3) is 0 Å². The second-order valence-corrected chi connectivity index (χ2v) is 6.15. The largest absolute Gasteiger partial charge is 0.381 e. The highest BCUT2D eigenvalue weighted by Crippen LogP contribution is 2.34. The fourth-order valence-corrected chi connectivity index (χ4v) is 3.17. The van der Waals surface area contributed by atoms with Crippen molar-refractivity contribution in [3.05, 3.63) is 46.7 Å². The van der Waals surface area contributed by atoms with Gasteiger partial charge in [-0.05, 0) is 42.1 Å². The van der Waals surface area contributed by atoms with E-state index in [4.69, 9.17) is 4.74 Å². The molecule has 1 amide bonds. The Labute approximate surface area is 131 Å². The summed E-state index contributed by atoms with van der Waals surface area (Å²) in [5.74, 6) is -0.436. The van der Waals surface area contributed by atoms with Gasteiger partial charge in [0.15, 0.2) is 0 Å². The second kappa shape index (κ2) is 6.50. The van der Waals surface area contributed by atoms with Gasteiger partial charge in [-0.3, -0.25) is 4.79 Å². The first-order valence-corrected chi connectivity index (χ1v) is 7.86. The van der Waals surface area contributed by atoms with Crippen molar-refractivity contribution in [3.8, 4) is 0 Å². The third-order valence-electron chi connectivity index (χ3n) is 4.08. The quantitative estimate of drug-likeness (QED) is 0.937. The molecule has 1 aromatic heterocycles. The highest BCUT2D eigenvalue weighted by molar-refractivity contribution is 7.07. The molecule has 1 aromatic carbocycles. The highest BCUT2D eigenvalue weighted by atomic mass is 32.1. The fourth-order valence-electron chi connectivity index (χ4n) is 2.74. The van der Waals surface area contributed by atoms with Crippen molar-refractivity contribution in [1.82, 2.24) is 14.9 Å². The minimum Gasteiger partial charge on any atom is -0.381 e. The predicted octanol–water partition coefficient (Wildman–Crippen LogP) is 2.16. The Morgan fingerprint density at radius 3 is 2.68 bits per heavy atom. The van der Waals surface area contributed by atoms with Gasteiger partial charge in [0.05, 0.1) is 6.20 Å². The molecule has 0 radical (unpaired) electrons. The van der Waals surface area contributed by atoms with Gasteiger partial charge in [-0.15, -0.1) is 5.10 Å². The van der Waals surface area contributed by atoms with E-state index in [0.29, 0.717) is 24.6 Å². The van der Waals surface area contributed by atoms with Gasteiger partial charge in [-0.25, -0.2) is 4.39 Å². The van der Waals surface area contributed by atoms with Crippen molar-refractivity contribution in [1.29, 1.82) is 0 Å². The number of nitrogens with one attached hydrogen (secondary N) is 1. The number of hydrogen-bond acceptors (Lipinski definition) is 5. The summed E-state index contributed by atoms with van der Waals surface area (Å²) in [6, 6.07) is 6.51. The molecule has 5 nitrogen and oxygen atoms in total. The molecule has 1 aliphatic rings. The van der Waals surface area contributed by atoms with Crippen LogP contribution in [0.1, 0.15) is 28.1 Å². The van der Waals surface area contributed by atoms with Crippen LogP contribution in [0.2, 0.25) is 0 Å². The van der Waals surface area contributed by atoms with E-state index < -0.39 is 0 Å². The van der Waals surface area contributed by atoms with Crippen LogP contribution < -0.4 is 5.32 Å². The number of hydrogen-bond donors (Lipinski definition) is 1. The number of nitrogens with zero attached hydrogens (tertiary/aromatic N) is 2. The van der Waals surface area contributed by atoms with Crippen LogP contribution in [0.3, 0.4) is 0 Å². The lowest BCUT2D eigenvalue weighted by atomic mass is 9.74. The Hall–Kier alpha value is -1.86. The Kier molecular flexibility index (Phi) is 4.44. The Bertz CT molecular complexity index is 625. The van der Waals surface area contributed by atoms with Gasteiger partial charge in [0.2, 0.25) is 0 Å². The zero-order valence-electron chi connectivity index (χ0n) is 11.9. The minimum absolute atomic E-state index is 0.178. The summed E-state index contributed by atoms with van der Waals surface area (Å²) >= 11 is 1.07. The number of carbonyl (C=O) groups is 1. The highest BCUT2D eigenvalue weighted by Gasteiger charge is 2.35. The summed E-state index contributed by atoms with van der Waals surface area (Å²) in [6.07, 6.45) is 3.04. The zero-order valence-corrected chi connectivity index (χ0v) is 12.7. The molecule has 0 bridgehead atoms. The number of ether oxygens (including phenoxy) is 1. The number of rotatable bonds is 4. The van der Waals surface area contributed by atoms with Crippen LogP contribution in [-0.2, 0) is 10.2 Å². The van der Waals surface area contributed by atoms with Crippen LogP contribution in [0.15, 0.2) is 30.5 Å². The smallest absolute Gasteiger partial charge is 0.264 e. The van der Waals surface area contributed by atoms with Gasteiger partial charge in [-0.1, -0.05) is 16.6 Å². The maximum Gasteiger partial charge on any atom is 0.264 e. The fraction of sp³-hybridized carbons (Fsp3) is 0.400. The van der Waals surface area contributed by atoms with E-state index in [2.05, 4.69) is 14.9 Å². The Balaban J connectivity index is 1.77. The molecule has 0 unspecified atom stereocenters. The minimum atomic E-state index is -0.259. The molecule has 0 saturated carbocycles. The molecule has 116 valence electrons. The number of halogens is 1. The van der Waals surface area contributed by atoms with E-state index in [1.54, 1.807) is 12.1 Å². The van der Waals surface area contributed by atoms with Gasteiger partial charge >= 0.3 is 0 Å². The molecule has 2 heterocycles. The molecule has 3 rings (SSSR count). The molecule has 22 heavy (non-hydrogen) atoms. The lowest BCUT2D eigenvalue weighted by Crippen LogP contribution is -2.44. The van der Waals surface area contributed by atoms with Crippen molar-refractivity contribution < 1.29 is 13.9 Å². The maximum atomic E-state index is 13.2. The van der Waals surface area contributed by atoms with Crippen LogP contribution in [0.5, 0.6) is 0 Å². The monoisotopic (exact) mass is 321 g/mol. The van der Waals surface area contributed by atoms with Crippen LogP contribution in [-0.4, -0.2) is 35.3 Å². The van der Waals surface area contributed by atoms with Crippen molar-refractivity contribution in [2.45, 2.75) is 18.3 Å². The lowest BCUT2D eigenvalue weighted by molar-refractivity contribution is 0.0487. The van der Waals surface area contributed by atoms with E-state index in [1.165, 1.54) is 18.3 Å². The number of amides is 1. The topological polar surface area (TPSA) is 64.1 Å². The van der Waals surface area contributed by atoms with Crippen molar-refractivity contribution in [2.75, 3.05) is 19.8 Å². The van der Waals surface area contributed by atoms with Crippen LogP contribution in [0, 0.1) is 5.82 Å². The SMILES string of the molecule is O=C(NCC1(c2ccc(F)cc2)CCOCC1)c1cnns1. The molecule has 7 heteroatoms. The standard InChI is InChI=1S/C15H16FN3O2S/c16-12-3-1-11(2-4-12)15(5-7-21-8-6-15)10-17-14(20)13-9-18-19-22-13/h1-4,9H,5-8,10H2,(H,17,20). The first-order valence-electron chi connectivity index (χ1n) is 7.09. The first kappa shape index (κ1) is 15.1. The van der Waals surface area contributed by atoms with E-state index in [-0.39, 0.29) is 17.1 Å². The van der Waals surface area contributed by atoms with Gasteiger partial charge < -0.3 is 10.1 Å². The first-order chi connectivity index (χ1) is 10.7. The van der Waals surface area contributed by atoms with E-state index in [1.807, 2.05) is 0 Å². The van der Waals surface area contributed by atoms with Gasteiger partial charge in [0.25, 0.3) is 5.91 Å². The molecule has 1 fully saturated rings. The summed E-state index contributed by atoms with van der Waals surface area (Å²) in [5.41, 5.74) is 0.805. The Morgan fingerprint density at radius 1 is 1.32 bits per heavy atom. The summed E-state index contributed by atoms with van der Waals surface area (Å²) < 4.78 is 22.3. The van der Waals surface area contributed by atoms with E-state index in [0.717, 1.165) is 29.9 Å². The van der Waals surface area contributed by atoms with Gasteiger partial charge in [0, 0.05) is 25.2 Å². The summed E-state index contributed by atoms with van der Waals surface area (Å²) in [5, 5.41) is 6.62. The van der Waals surface area contributed by atoms with Gasteiger partial charge in [0.1, 0.15) is 10.7 Å². The molecular formula is C15H16FN3O2S. The van der Waals surface area contributed by atoms with E-state index in [9.17, 15) is 9.18 Å². The number of carbonyl (C=O) groups excluding carboxylic acids is 1. The third kappa shape index (κ3) is 3.15. The zero-order chi connectivity index (χ0) is 15.4. The number of aromatic nitrogens is 2. The molecular weight excluding hydrogens is 305 g/mol. The van der Waals surface area contributed by atoms with Crippen molar-refractivity contribution in [3.63, 3.8) is 0 Å². The van der Waals surface area contributed by atoms with E-state index >= 15 is 0 Å². The molecule has 0 atom stereocenters. The number of benzene rings is 1. The van der Waals surface area contributed by atoms with Crippen LogP contribution in [0.4, 0.5) is 4.39 Å². The van der Waals surface area contributed by atoms with Crippen molar-refractivity contribution >= 4 is 17.4 Å². The van der Waals surface area contributed by atoms with Gasteiger partial charge in [-0.2, -0.15) is 0 Å². The third-order valence-corrected chi connectivity index (χ3v) is 4.74. The predicted molar refractivity (Wildman–Crippen MR) is 80.4 cm³/mol. The average Bonchev–Trinajstić information content (AvgIpc) is 3.09. The second-order valence-electron chi connectivity index (χ2n) is 5.36. The maximum absolute atomic E-state index is 13.2. The molecule has 1 saturated heterocycles. The van der Waals surface area contributed by atoms with Crippen LogP contribution >= 0.6 is 11.5 Å². The average molecular weight is 321 g/mol. The summed E-state index contributed by atoms with van der Waals surface area (Å²) in [6.45, 7) is 1.75. The molecule has 1 N–H and O–H groups in total. The summed E-state index contributed by atoms with van der Waals surface area (Å²) in [4.78, 5) is 12.6. The lowest BCUT2D eigenvalue weighted by Gasteiger charge is -2.37. The molecule has 2 aromatic rings. The summed E-state index contributed by atoms with van der Waals surface area (Å²) in [7, 11) is 0. The molecule has 0 spiro atoms. The molecule has 1 aliphatic heterocycles. The van der Waals surface area contributed by atoms with Crippen molar-refractivity contribution in [2.24, 2.45) is 0 Å².